The highest BCUT2D eigenvalue weighted by atomic mass is 19.4. The van der Waals surface area contributed by atoms with E-state index in [1.54, 1.807) is 38.2 Å². The molecule has 1 aromatic carbocycles. The van der Waals surface area contributed by atoms with E-state index in [2.05, 4.69) is 20.4 Å². The second-order valence-corrected chi connectivity index (χ2v) is 7.89. The Morgan fingerprint density at radius 3 is 2.27 bits per heavy atom. The minimum absolute atomic E-state index is 0.0849. The number of guanidine groups is 1. The summed E-state index contributed by atoms with van der Waals surface area (Å²) in [4.78, 5) is 18.5. The van der Waals surface area contributed by atoms with Crippen LogP contribution in [0, 0.1) is 5.41 Å². The molecule has 30 heavy (non-hydrogen) atoms. The zero-order valence-corrected chi connectivity index (χ0v) is 17.8. The van der Waals surface area contributed by atoms with Crippen molar-refractivity contribution in [1.82, 2.24) is 15.5 Å². The molecule has 0 heterocycles. The van der Waals surface area contributed by atoms with Gasteiger partial charge in [0.2, 0.25) is 5.91 Å². The van der Waals surface area contributed by atoms with Gasteiger partial charge >= 0.3 is 6.18 Å². The summed E-state index contributed by atoms with van der Waals surface area (Å²) in [6, 6.07) is 7.15. The van der Waals surface area contributed by atoms with Gasteiger partial charge in [0.1, 0.15) is 6.61 Å². The summed E-state index contributed by atoms with van der Waals surface area (Å²) in [5.41, 5.74) is 1.24. The van der Waals surface area contributed by atoms with E-state index in [4.69, 9.17) is 0 Å². The average molecular weight is 428 g/mol. The summed E-state index contributed by atoms with van der Waals surface area (Å²) in [5.74, 6) is 0.747. The molecule has 2 N–H and O–H groups in total. The molecule has 0 saturated heterocycles. The highest BCUT2D eigenvalue weighted by Crippen LogP contribution is 2.38. The lowest BCUT2D eigenvalue weighted by molar-refractivity contribution is -0.176. The standard InChI is InChI=1S/C21H31F3N4O2/c1-25-19(27-14-20(10-4-5-11-20)18(29)28(2)3)26-12-16-6-8-17(9-7-16)13-30-15-21(22,23)24/h6-9H,4-5,10-15H2,1-3H3,(H2,25,26,27). The lowest BCUT2D eigenvalue weighted by Crippen LogP contribution is -2.49. The Bertz CT molecular complexity index is 712. The molecule has 6 nitrogen and oxygen atoms in total. The number of benzene rings is 1. The molecule has 2 rings (SSSR count). The first-order valence-electron chi connectivity index (χ1n) is 10.0. The van der Waals surface area contributed by atoms with Gasteiger partial charge in [0.05, 0.1) is 12.0 Å². The van der Waals surface area contributed by atoms with E-state index in [9.17, 15) is 18.0 Å². The number of nitrogens with zero attached hydrogens (tertiary/aromatic N) is 2. The molecule has 1 aliphatic rings. The van der Waals surface area contributed by atoms with Crippen molar-refractivity contribution in [3.63, 3.8) is 0 Å². The maximum Gasteiger partial charge on any atom is 0.411 e. The third kappa shape index (κ3) is 7.19. The van der Waals surface area contributed by atoms with Crippen molar-refractivity contribution >= 4 is 11.9 Å². The van der Waals surface area contributed by atoms with Crippen LogP contribution in [0.15, 0.2) is 29.3 Å². The number of alkyl halides is 3. The first kappa shape index (κ1) is 24.0. The second kappa shape index (κ2) is 10.7. The number of halogens is 3. The molecule has 1 saturated carbocycles. The number of amides is 1. The SMILES string of the molecule is CN=C(NCc1ccc(COCC(F)(F)F)cc1)NCC1(C(=O)N(C)C)CCCC1. The molecule has 1 amide bonds. The molecule has 1 aliphatic carbocycles. The smallest absolute Gasteiger partial charge is 0.367 e. The van der Waals surface area contributed by atoms with Crippen molar-refractivity contribution in [2.24, 2.45) is 10.4 Å². The molecule has 1 aromatic rings. The number of carbonyl (C=O) groups is 1. The summed E-state index contributed by atoms with van der Waals surface area (Å²) in [6.07, 6.45) is -0.489. The highest BCUT2D eigenvalue weighted by Gasteiger charge is 2.42. The van der Waals surface area contributed by atoms with E-state index < -0.39 is 12.8 Å². The van der Waals surface area contributed by atoms with Gasteiger partial charge in [0.15, 0.2) is 5.96 Å². The van der Waals surface area contributed by atoms with E-state index in [0.717, 1.165) is 31.2 Å². The monoisotopic (exact) mass is 428 g/mol. The van der Waals surface area contributed by atoms with Gasteiger partial charge in [-0.25, -0.2) is 0 Å². The molecule has 168 valence electrons. The van der Waals surface area contributed by atoms with E-state index in [0.29, 0.717) is 24.6 Å². The molecule has 0 radical (unpaired) electrons. The normalized spacial score (nSPS) is 16.4. The Hall–Kier alpha value is -2.29. The number of hydrogen-bond acceptors (Lipinski definition) is 3. The first-order chi connectivity index (χ1) is 14.1. The zero-order valence-electron chi connectivity index (χ0n) is 17.8. The lowest BCUT2D eigenvalue weighted by Gasteiger charge is -2.31. The molecule has 0 aromatic heterocycles. The van der Waals surface area contributed by atoms with Crippen molar-refractivity contribution in [3.05, 3.63) is 35.4 Å². The van der Waals surface area contributed by atoms with E-state index in [1.165, 1.54) is 0 Å². The van der Waals surface area contributed by atoms with Crippen LogP contribution in [0.5, 0.6) is 0 Å². The van der Waals surface area contributed by atoms with Gasteiger partial charge < -0.3 is 20.3 Å². The van der Waals surface area contributed by atoms with E-state index in [1.807, 2.05) is 12.1 Å². The Balaban J connectivity index is 1.83. The van der Waals surface area contributed by atoms with Crippen molar-refractivity contribution < 1.29 is 22.7 Å². The number of carbonyl (C=O) groups excluding carboxylic acids is 1. The van der Waals surface area contributed by atoms with Crippen LogP contribution in [-0.4, -0.2) is 57.2 Å². The molecule has 9 heteroatoms. The van der Waals surface area contributed by atoms with Gasteiger partial charge in [-0.3, -0.25) is 9.79 Å². The fourth-order valence-electron chi connectivity index (χ4n) is 3.69. The van der Waals surface area contributed by atoms with Crippen LogP contribution in [0.2, 0.25) is 0 Å². The number of hydrogen-bond donors (Lipinski definition) is 2. The molecule has 0 unspecified atom stereocenters. The maximum absolute atomic E-state index is 12.7. The fraction of sp³-hybridized carbons (Fsp3) is 0.619. The molecule has 0 bridgehead atoms. The van der Waals surface area contributed by atoms with Gasteiger partial charge in [-0.15, -0.1) is 0 Å². The third-order valence-corrected chi connectivity index (χ3v) is 5.26. The molecular weight excluding hydrogens is 397 g/mol. The predicted octanol–water partition coefficient (Wildman–Crippen LogP) is 3.08. The van der Waals surface area contributed by atoms with Crippen molar-refractivity contribution in [2.75, 3.05) is 34.3 Å². The number of ether oxygens (including phenoxy) is 1. The minimum atomic E-state index is -4.32. The molecule has 1 fully saturated rings. The van der Waals surface area contributed by atoms with Crippen LogP contribution >= 0.6 is 0 Å². The molecular formula is C21H31F3N4O2. The lowest BCUT2D eigenvalue weighted by atomic mass is 9.84. The van der Waals surface area contributed by atoms with Crippen LogP contribution < -0.4 is 10.6 Å². The Labute approximate surface area is 175 Å². The fourth-order valence-corrected chi connectivity index (χ4v) is 3.69. The predicted molar refractivity (Wildman–Crippen MR) is 110 cm³/mol. The van der Waals surface area contributed by atoms with Crippen LogP contribution in [0.1, 0.15) is 36.8 Å². The molecule has 0 aliphatic heterocycles. The van der Waals surface area contributed by atoms with Gasteiger partial charge in [-0.2, -0.15) is 13.2 Å². The number of nitrogens with one attached hydrogen (secondary N) is 2. The van der Waals surface area contributed by atoms with Gasteiger partial charge in [0.25, 0.3) is 0 Å². The second-order valence-electron chi connectivity index (χ2n) is 7.89. The molecule has 0 spiro atoms. The highest BCUT2D eigenvalue weighted by molar-refractivity contribution is 5.85. The summed E-state index contributed by atoms with van der Waals surface area (Å²) in [6.45, 7) is -0.314. The van der Waals surface area contributed by atoms with Crippen LogP contribution in [0.4, 0.5) is 13.2 Å². The number of aliphatic imine (C=N–C) groups is 1. The Kier molecular flexibility index (Phi) is 8.52. The average Bonchev–Trinajstić information content (AvgIpc) is 3.17. The first-order valence-corrected chi connectivity index (χ1v) is 10.0. The topological polar surface area (TPSA) is 66.0 Å². The Morgan fingerprint density at radius 2 is 1.73 bits per heavy atom. The van der Waals surface area contributed by atoms with E-state index in [-0.39, 0.29) is 17.9 Å². The van der Waals surface area contributed by atoms with Crippen LogP contribution in [0.3, 0.4) is 0 Å². The van der Waals surface area contributed by atoms with Crippen LogP contribution in [-0.2, 0) is 22.7 Å². The summed E-state index contributed by atoms with van der Waals surface area (Å²) < 4.78 is 41.1. The van der Waals surface area contributed by atoms with Gasteiger partial charge in [0, 0.05) is 34.2 Å². The third-order valence-electron chi connectivity index (χ3n) is 5.26. The largest absolute Gasteiger partial charge is 0.411 e. The minimum Gasteiger partial charge on any atom is -0.367 e. The summed E-state index contributed by atoms with van der Waals surface area (Å²) >= 11 is 0. The van der Waals surface area contributed by atoms with Gasteiger partial charge in [-0.05, 0) is 24.0 Å². The molecule has 0 atom stereocenters. The number of rotatable bonds is 8. The van der Waals surface area contributed by atoms with Crippen molar-refractivity contribution in [3.8, 4) is 0 Å². The maximum atomic E-state index is 12.7. The zero-order chi connectivity index (χ0) is 22.2. The summed E-state index contributed by atoms with van der Waals surface area (Å²) in [5, 5.41) is 6.49. The quantitative estimate of drug-likeness (QED) is 0.493. The van der Waals surface area contributed by atoms with Gasteiger partial charge in [-0.1, -0.05) is 37.1 Å². The summed E-state index contributed by atoms with van der Waals surface area (Å²) in [7, 11) is 5.24. The van der Waals surface area contributed by atoms with Crippen molar-refractivity contribution in [1.29, 1.82) is 0 Å². The van der Waals surface area contributed by atoms with Crippen LogP contribution in [0.25, 0.3) is 0 Å². The Morgan fingerprint density at radius 1 is 1.13 bits per heavy atom. The van der Waals surface area contributed by atoms with Crippen molar-refractivity contribution in [2.45, 2.75) is 45.0 Å². The van der Waals surface area contributed by atoms with E-state index >= 15 is 0 Å².